The fourth-order valence-corrected chi connectivity index (χ4v) is 4.21. The van der Waals surface area contributed by atoms with E-state index in [1.165, 1.54) is 0 Å². The summed E-state index contributed by atoms with van der Waals surface area (Å²) >= 11 is 0. The van der Waals surface area contributed by atoms with Crippen LogP contribution >= 0.6 is 0 Å². The van der Waals surface area contributed by atoms with Crippen molar-refractivity contribution < 1.29 is 13.2 Å². The molecule has 0 fully saturated rings. The lowest BCUT2D eigenvalue weighted by Gasteiger charge is -2.10. The first-order valence-corrected chi connectivity index (χ1v) is 10.7. The van der Waals surface area contributed by atoms with Gasteiger partial charge in [0.15, 0.2) is 0 Å². The zero-order valence-corrected chi connectivity index (χ0v) is 17.2. The van der Waals surface area contributed by atoms with E-state index in [-0.39, 0.29) is 23.8 Å². The number of carbonyl (C=O) groups excluding carboxylic acids is 1. The summed E-state index contributed by atoms with van der Waals surface area (Å²) in [4.78, 5) is 16.6. The number of sulfonamides is 1. The van der Waals surface area contributed by atoms with Crippen LogP contribution in [0.1, 0.15) is 17.5 Å². The number of amides is 1. The number of nitrogens with zero attached hydrogens (tertiary/aromatic N) is 1. The van der Waals surface area contributed by atoms with Crippen molar-refractivity contribution in [3.05, 3.63) is 78.0 Å². The van der Waals surface area contributed by atoms with Crippen molar-refractivity contribution in [3.8, 4) is 11.1 Å². The summed E-state index contributed by atoms with van der Waals surface area (Å²) in [5.74, 6) is 0.111. The molecule has 0 radical (unpaired) electrons. The third kappa shape index (κ3) is 5.49. The second-order valence-corrected chi connectivity index (χ2v) is 8.50. The molecule has 3 aromatic rings. The Kier molecular flexibility index (Phi) is 6.41. The molecule has 0 saturated carbocycles. The van der Waals surface area contributed by atoms with Gasteiger partial charge in [0.1, 0.15) is 5.82 Å². The number of aromatic nitrogens is 1. The molecular weight excluding hydrogens is 386 g/mol. The quantitative estimate of drug-likeness (QED) is 0.623. The molecule has 0 aliphatic carbocycles. The van der Waals surface area contributed by atoms with Crippen LogP contribution in [-0.2, 0) is 14.8 Å². The summed E-state index contributed by atoms with van der Waals surface area (Å²) < 4.78 is 27.3. The zero-order valence-electron chi connectivity index (χ0n) is 16.3. The van der Waals surface area contributed by atoms with Gasteiger partial charge in [-0.25, -0.2) is 18.1 Å². The topological polar surface area (TPSA) is 88.2 Å². The minimum absolute atomic E-state index is 0.00355. The zero-order chi connectivity index (χ0) is 20.9. The average Bonchev–Trinajstić information content (AvgIpc) is 2.69. The van der Waals surface area contributed by atoms with Crippen LogP contribution in [0.3, 0.4) is 0 Å². The maximum absolute atomic E-state index is 12.4. The molecule has 0 saturated heterocycles. The molecule has 0 atom stereocenters. The summed E-state index contributed by atoms with van der Waals surface area (Å²) in [5.41, 5.74) is 3.65. The molecule has 3 rings (SSSR count). The third-order valence-corrected chi connectivity index (χ3v) is 6.02. The van der Waals surface area contributed by atoms with E-state index in [1.807, 2.05) is 49.4 Å². The van der Waals surface area contributed by atoms with E-state index in [2.05, 4.69) is 15.0 Å². The van der Waals surface area contributed by atoms with Crippen LogP contribution in [-0.4, -0.2) is 25.9 Å². The fraction of sp³-hybridized carbons (Fsp3) is 0.182. The Hall–Kier alpha value is -3.03. The number of pyridine rings is 1. The van der Waals surface area contributed by atoms with E-state index in [0.717, 1.165) is 16.7 Å². The SMILES string of the molecule is Cc1ccc(S(=O)(=O)NCCC(=O)Nc2ccc(-c3ccccc3)cn2)c(C)c1. The van der Waals surface area contributed by atoms with Gasteiger partial charge in [-0.15, -0.1) is 0 Å². The first-order valence-electron chi connectivity index (χ1n) is 9.23. The van der Waals surface area contributed by atoms with E-state index in [0.29, 0.717) is 11.4 Å². The maximum atomic E-state index is 12.4. The van der Waals surface area contributed by atoms with Gasteiger partial charge in [0.25, 0.3) is 0 Å². The standard InChI is InChI=1S/C22H23N3O3S/c1-16-8-10-20(17(2)14-16)29(27,28)24-13-12-22(26)25-21-11-9-19(15-23-21)18-6-4-3-5-7-18/h3-11,14-15,24H,12-13H2,1-2H3,(H,23,25,26). The number of anilines is 1. The van der Waals surface area contributed by atoms with Crippen LogP contribution in [0.25, 0.3) is 11.1 Å². The number of nitrogens with one attached hydrogen (secondary N) is 2. The van der Waals surface area contributed by atoms with E-state index in [4.69, 9.17) is 0 Å². The molecule has 2 aromatic carbocycles. The molecule has 29 heavy (non-hydrogen) atoms. The van der Waals surface area contributed by atoms with Gasteiger partial charge < -0.3 is 5.32 Å². The van der Waals surface area contributed by atoms with Gasteiger partial charge in [-0.3, -0.25) is 4.79 Å². The van der Waals surface area contributed by atoms with Gasteiger partial charge in [0.2, 0.25) is 15.9 Å². The number of hydrogen-bond donors (Lipinski definition) is 2. The van der Waals surface area contributed by atoms with E-state index in [9.17, 15) is 13.2 Å². The first kappa shape index (κ1) is 20.7. The molecule has 0 spiro atoms. The highest BCUT2D eigenvalue weighted by atomic mass is 32.2. The number of carbonyl (C=O) groups is 1. The van der Waals surface area contributed by atoms with Gasteiger partial charge >= 0.3 is 0 Å². The average molecular weight is 410 g/mol. The first-order chi connectivity index (χ1) is 13.8. The highest BCUT2D eigenvalue weighted by molar-refractivity contribution is 7.89. The molecule has 0 aliphatic heterocycles. The Bertz CT molecular complexity index is 1100. The molecule has 2 N–H and O–H groups in total. The minimum atomic E-state index is -3.66. The maximum Gasteiger partial charge on any atom is 0.240 e. The molecule has 1 amide bonds. The van der Waals surface area contributed by atoms with Crippen LogP contribution in [0.15, 0.2) is 71.8 Å². The summed E-state index contributed by atoms with van der Waals surface area (Å²) in [6.07, 6.45) is 1.69. The Labute approximate surface area is 171 Å². The van der Waals surface area contributed by atoms with E-state index >= 15 is 0 Å². The Balaban J connectivity index is 1.53. The van der Waals surface area contributed by atoms with E-state index in [1.54, 1.807) is 31.3 Å². The normalized spacial score (nSPS) is 11.2. The summed E-state index contributed by atoms with van der Waals surface area (Å²) in [6.45, 7) is 3.66. The highest BCUT2D eigenvalue weighted by Crippen LogP contribution is 2.19. The Morgan fingerprint density at radius 1 is 0.966 bits per heavy atom. The molecule has 1 heterocycles. The van der Waals surface area contributed by atoms with Crippen molar-refractivity contribution in [1.82, 2.24) is 9.71 Å². The number of hydrogen-bond acceptors (Lipinski definition) is 4. The van der Waals surface area contributed by atoms with Crippen molar-refractivity contribution in [2.45, 2.75) is 25.2 Å². The van der Waals surface area contributed by atoms with Crippen molar-refractivity contribution in [3.63, 3.8) is 0 Å². The van der Waals surface area contributed by atoms with Gasteiger partial charge in [0.05, 0.1) is 4.90 Å². The summed E-state index contributed by atoms with van der Waals surface area (Å²) in [7, 11) is -3.66. The van der Waals surface area contributed by atoms with Crippen LogP contribution in [0.2, 0.25) is 0 Å². The molecule has 6 nitrogen and oxygen atoms in total. The third-order valence-electron chi connectivity index (χ3n) is 4.40. The lowest BCUT2D eigenvalue weighted by molar-refractivity contribution is -0.116. The molecular formula is C22H23N3O3S. The van der Waals surface area contributed by atoms with Crippen molar-refractivity contribution in [2.75, 3.05) is 11.9 Å². The molecule has 7 heteroatoms. The fourth-order valence-electron chi connectivity index (χ4n) is 2.95. The van der Waals surface area contributed by atoms with Crippen LogP contribution in [0.4, 0.5) is 5.82 Å². The van der Waals surface area contributed by atoms with Gasteiger partial charge in [-0.1, -0.05) is 48.0 Å². The Morgan fingerprint density at radius 3 is 2.38 bits per heavy atom. The number of benzene rings is 2. The molecule has 0 bridgehead atoms. The Morgan fingerprint density at radius 2 is 1.72 bits per heavy atom. The van der Waals surface area contributed by atoms with Crippen molar-refractivity contribution in [2.24, 2.45) is 0 Å². The van der Waals surface area contributed by atoms with Crippen LogP contribution in [0, 0.1) is 13.8 Å². The lowest BCUT2D eigenvalue weighted by Crippen LogP contribution is -2.28. The largest absolute Gasteiger partial charge is 0.311 e. The molecule has 0 aliphatic rings. The van der Waals surface area contributed by atoms with Crippen LogP contribution < -0.4 is 10.0 Å². The summed E-state index contributed by atoms with van der Waals surface area (Å²) in [5, 5.41) is 2.68. The predicted molar refractivity (Wildman–Crippen MR) is 114 cm³/mol. The second-order valence-electron chi connectivity index (χ2n) is 6.76. The van der Waals surface area contributed by atoms with Crippen molar-refractivity contribution >= 4 is 21.7 Å². The van der Waals surface area contributed by atoms with Crippen LogP contribution in [0.5, 0.6) is 0 Å². The van der Waals surface area contributed by atoms with Gasteiger partial charge in [0, 0.05) is 24.7 Å². The molecule has 0 unspecified atom stereocenters. The number of aryl methyl sites for hydroxylation is 2. The summed E-state index contributed by atoms with van der Waals surface area (Å²) in [6, 6.07) is 18.5. The second kappa shape index (κ2) is 8.98. The monoisotopic (exact) mass is 409 g/mol. The van der Waals surface area contributed by atoms with Crippen molar-refractivity contribution in [1.29, 1.82) is 0 Å². The lowest BCUT2D eigenvalue weighted by atomic mass is 10.1. The number of rotatable bonds is 7. The minimum Gasteiger partial charge on any atom is -0.311 e. The van der Waals surface area contributed by atoms with E-state index < -0.39 is 10.0 Å². The van der Waals surface area contributed by atoms with Gasteiger partial charge in [-0.2, -0.15) is 0 Å². The van der Waals surface area contributed by atoms with Gasteiger partial charge in [-0.05, 0) is 43.2 Å². The highest BCUT2D eigenvalue weighted by Gasteiger charge is 2.16. The predicted octanol–water partition coefficient (Wildman–Crippen LogP) is 3.67. The smallest absolute Gasteiger partial charge is 0.240 e. The molecule has 1 aromatic heterocycles. The molecule has 150 valence electrons.